The Morgan fingerprint density at radius 1 is 0.857 bits per heavy atom. The van der Waals surface area contributed by atoms with Crippen LogP contribution in [-0.4, -0.2) is 24.4 Å². The van der Waals surface area contributed by atoms with Gasteiger partial charge in [-0.1, -0.05) is 72.8 Å². The molecular formula is C24H26N2O2. The van der Waals surface area contributed by atoms with Gasteiger partial charge in [0.15, 0.2) is 0 Å². The molecule has 1 unspecified atom stereocenters. The highest BCUT2D eigenvalue weighted by Crippen LogP contribution is 2.18. The molecule has 3 aromatic rings. The van der Waals surface area contributed by atoms with Crippen LogP contribution in [0.2, 0.25) is 0 Å². The van der Waals surface area contributed by atoms with Gasteiger partial charge in [-0.25, -0.2) is 0 Å². The zero-order valence-corrected chi connectivity index (χ0v) is 16.2. The average Bonchev–Trinajstić information content (AvgIpc) is 2.72. The molecule has 144 valence electrons. The molecule has 1 atom stereocenters. The molecule has 28 heavy (non-hydrogen) atoms. The van der Waals surface area contributed by atoms with Crippen LogP contribution < -0.4 is 10.6 Å². The number of benzene rings is 3. The Hall–Kier alpha value is -3.14. The van der Waals surface area contributed by atoms with E-state index in [4.69, 9.17) is 0 Å². The van der Waals surface area contributed by atoms with Crippen LogP contribution in [0, 0.1) is 0 Å². The van der Waals surface area contributed by atoms with Crippen molar-refractivity contribution in [1.82, 2.24) is 10.6 Å². The summed E-state index contributed by atoms with van der Waals surface area (Å²) in [6, 6.07) is 24.2. The maximum Gasteiger partial charge on any atom is 0.239 e. The van der Waals surface area contributed by atoms with E-state index >= 15 is 0 Å². The normalized spacial score (nSPS) is 11.8. The molecule has 0 aliphatic rings. The first-order chi connectivity index (χ1) is 13.6. The quantitative estimate of drug-likeness (QED) is 0.632. The second-order valence-corrected chi connectivity index (χ2v) is 7.08. The highest BCUT2D eigenvalue weighted by Gasteiger charge is 2.11. The Morgan fingerprint density at radius 2 is 1.57 bits per heavy atom. The number of fused-ring (bicyclic) bond motifs is 1. The van der Waals surface area contributed by atoms with Crippen molar-refractivity contribution in [2.45, 2.75) is 32.2 Å². The molecular weight excluding hydrogens is 348 g/mol. The van der Waals surface area contributed by atoms with E-state index in [9.17, 15) is 9.59 Å². The third kappa shape index (κ3) is 5.68. The lowest BCUT2D eigenvalue weighted by molar-refractivity contribution is -0.126. The van der Waals surface area contributed by atoms with Gasteiger partial charge in [0.05, 0.1) is 13.0 Å². The Bertz CT molecular complexity index is 932. The van der Waals surface area contributed by atoms with Crippen molar-refractivity contribution in [2.24, 2.45) is 0 Å². The van der Waals surface area contributed by atoms with Gasteiger partial charge in [0.1, 0.15) is 0 Å². The number of rotatable bonds is 8. The Kier molecular flexibility index (Phi) is 6.79. The lowest BCUT2D eigenvalue weighted by Gasteiger charge is -2.14. The number of nitrogens with one attached hydrogen (secondary N) is 2. The summed E-state index contributed by atoms with van der Waals surface area (Å²) in [5.74, 6) is -0.310. The molecule has 3 aromatic carbocycles. The molecule has 0 spiro atoms. The predicted octanol–water partition coefficient (Wildman–Crippen LogP) is 3.64. The van der Waals surface area contributed by atoms with E-state index < -0.39 is 0 Å². The minimum atomic E-state index is -0.160. The number of carbonyl (C=O) groups is 2. The van der Waals surface area contributed by atoms with Crippen LogP contribution in [0.1, 0.15) is 24.5 Å². The summed E-state index contributed by atoms with van der Waals surface area (Å²) in [4.78, 5) is 24.4. The zero-order valence-electron chi connectivity index (χ0n) is 16.2. The second kappa shape index (κ2) is 9.70. The van der Waals surface area contributed by atoms with E-state index in [2.05, 4.69) is 22.8 Å². The molecule has 0 heterocycles. The summed E-state index contributed by atoms with van der Waals surface area (Å²) in [5.41, 5.74) is 2.22. The monoisotopic (exact) mass is 374 g/mol. The minimum Gasteiger partial charge on any atom is -0.352 e. The van der Waals surface area contributed by atoms with Crippen molar-refractivity contribution >= 4 is 22.6 Å². The van der Waals surface area contributed by atoms with Gasteiger partial charge in [-0.05, 0) is 41.7 Å². The SMILES string of the molecule is CC(CCc1ccccc1)NC(=O)CNC(=O)Cc1cccc2ccccc12. The second-order valence-electron chi connectivity index (χ2n) is 7.08. The van der Waals surface area contributed by atoms with Crippen LogP contribution in [0.5, 0.6) is 0 Å². The van der Waals surface area contributed by atoms with E-state index in [1.54, 1.807) is 0 Å². The molecule has 0 bridgehead atoms. The highest BCUT2D eigenvalue weighted by atomic mass is 16.2. The van der Waals surface area contributed by atoms with E-state index in [-0.39, 0.29) is 30.8 Å². The third-order valence-electron chi connectivity index (χ3n) is 4.79. The third-order valence-corrected chi connectivity index (χ3v) is 4.79. The van der Waals surface area contributed by atoms with Crippen molar-refractivity contribution in [3.63, 3.8) is 0 Å². The van der Waals surface area contributed by atoms with Crippen molar-refractivity contribution in [1.29, 1.82) is 0 Å². The fourth-order valence-corrected chi connectivity index (χ4v) is 3.29. The smallest absolute Gasteiger partial charge is 0.239 e. The topological polar surface area (TPSA) is 58.2 Å². The van der Waals surface area contributed by atoms with Crippen molar-refractivity contribution in [3.05, 3.63) is 83.9 Å². The lowest BCUT2D eigenvalue weighted by atomic mass is 10.0. The van der Waals surface area contributed by atoms with Crippen molar-refractivity contribution in [2.75, 3.05) is 6.54 Å². The fraction of sp³-hybridized carbons (Fsp3) is 0.250. The molecule has 3 rings (SSSR count). The molecule has 0 aromatic heterocycles. The van der Waals surface area contributed by atoms with E-state index in [1.807, 2.05) is 67.6 Å². The molecule has 4 heteroatoms. The van der Waals surface area contributed by atoms with Crippen molar-refractivity contribution in [3.8, 4) is 0 Å². The maximum atomic E-state index is 12.3. The Balaban J connectivity index is 1.43. The number of aryl methyl sites for hydroxylation is 1. The molecule has 2 amide bonds. The molecule has 2 N–H and O–H groups in total. The summed E-state index contributed by atoms with van der Waals surface area (Å²) in [5, 5.41) is 7.85. The summed E-state index contributed by atoms with van der Waals surface area (Å²) in [6.07, 6.45) is 2.04. The lowest BCUT2D eigenvalue weighted by Crippen LogP contribution is -2.41. The highest BCUT2D eigenvalue weighted by molar-refractivity contribution is 5.91. The molecule has 0 aliphatic carbocycles. The number of amides is 2. The van der Waals surface area contributed by atoms with Crippen LogP contribution in [0.15, 0.2) is 72.8 Å². The van der Waals surface area contributed by atoms with E-state index in [0.717, 1.165) is 29.2 Å². The molecule has 0 saturated heterocycles. The van der Waals surface area contributed by atoms with Gasteiger partial charge in [-0.2, -0.15) is 0 Å². The van der Waals surface area contributed by atoms with Gasteiger partial charge in [0, 0.05) is 6.04 Å². The van der Waals surface area contributed by atoms with Gasteiger partial charge < -0.3 is 10.6 Å². The number of carbonyl (C=O) groups excluding carboxylic acids is 2. The summed E-state index contributed by atoms with van der Waals surface area (Å²) < 4.78 is 0. The van der Waals surface area contributed by atoms with Gasteiger partial charge in [-0.15, -0.1) is 0 Å². The summed E-state index contributed by atoms with van der Waals surface area (Å²) >= 11 is 0. The first-order valence-corrected chi connectivity index (χ1v) is 9.68. The van der Waals surface area contributed by atoms with Gasteiger partial charge in [0.25, 0.3) is 0 Å². The van der Waals surface area contributed by atoms with Crippen LogP contribution in [0.3, 0.4) is 0 Å². The Labute approximate surface area is 166 Å². The average molecular weight is 374 g/mol. The molecule has 0 radical (unpaired) electrons. The molecule has 0 saturated carbocycles. The minimum absolute atomic E-state index is 0.000718. The summed E-state index contributed by atoms with van der Waals surface area (Å²) in [7, 11) is 0. The van der Waals surface area contributed by atoms with Gasteiger partial charge in [-0.3, -0.25) is 9.59 Å². The standard InChI is InChI=1S/C24H26N2O2/c1-18(14-15-19-8-3-2-4-9-19)26-24(28)17-25-23(27)16-21-12-7-11-20-10-5-6-13-22(20)21/h2-13,18H,14-17H2,1H3,(H,25,27)(H,26,28). The van der Waals surface area contributed by atoms with E-state index in [0.29, 0.717) is 0 Å². The first kappa shape index (κ1) is 19.6. The number of hydrogen-bond acceptors (Lipinski definition) is 2. The van der Waals surface area contributed by atoms with Gasteiger partial charge >= 0.3 is 0 Å². The van der Waals surface area contributed by atoms with Crippen LogP contribution in [-0.2, 0) is 22.4 Å². The largest absolute Gasteiger partial charge is 0.352 e. The Morgan fingerprint density at radius 3 is 2.39 bits per heavy atom. The molecule has 0 aliphatic heterocycles. The van der Waals surface area contributed by atoms with Crippen LogP contribution in [0.4, 0.5) is 0 Å². The molecule has 4 nitrogen and oxygen atoms in total. The first-order valence-electron chi connectivity index (χ1n) is 9.68. The fourth-order valence-electron chi connectivity index (χ4n) is 3.29. The molecule has 0 fully saturated rings. The van der Waals surface area contributed by atoms with E-state index in [1.165, 1.54) is 5.56 Å². The maximum absolute atomic E-state index is 12.3. The van der Waals surface area contributed by atoms with Crippen LogP contribution in [0.25, 0.3) is 10.8 Å². The van der Waals surface area contributed by atoms with Crippen LogP contribution >= 0.6 is 0 Å². The van der Waals surface area contributed by atoms with Crippen molar-refractivity contribution < 1.29 is 9.59 Å². The van der Waals surface area contributed by atoms with Gasteiger partial charge in [0.2, 0.25) is 11.8 Å². The number of hydrogen-bond donors (Lipinski definition) is 2. The summed E-state index contributed by atoms with van der Waals surface area (Å²) in [6.45, 7) is 1.98. The predicted molar refractivity (Wildman–Crippen MR) is 113 cm³/mol. The zero-order chi connectivity index (χ0) is 19.8.